The third kappa shape index (κ3) is 5.30. The highest BCUT2D eigenvalue weighted by molar-refractivity contribution is 5.94. The zero-order valence-electron chi connectivity index (χ0n) is 12.6. The topological polar surface area (TPSA) is 64.3 Å². The summed E-state index contributed by atoms with van der Waals surface area (Å²) in [5.74, 6) is -0.00347. The Kier molecular flexibility index (Phi) is 7.15. The molecule has 0 spiro atoms. The molecule has 0 aromatic heterocycles. The molecule has 1 aliphatic carbocycles. The zero-order chi connectivity index (χ0) is 14.4. The molecule has 0 atom stereocenters. The molecule has 1 aliphatic rings. The number of carbonyl (C=O) groups excluding carboxylic acids is 1. The lowest BCUT2D eigenvalue weighted by molar-refractivity contribution is 0.0930. The highest BCUT2D eigenvalue weighted by Crippen LogP contribution is 2.48. The molecule has 0 bridgehead atoms. The second kappa shape index (κ2) is 8.37. The molecule has 0 radical (unpaired) electrons. The van der Waals surface area contributed by atoms with Crippen LogP contribution >= 0.6 is 12.4 Å². The van der Waals surface area contributed by atoms with Crippen LogP contribution in [0.2, 0.25) is 0 Å². The fourth-order valence-corrected chi connectivity index (χ4v) is 2.29. The molecule has 5 heteroatoms. The molecular formula is C16H25ClN2O2. The lowest BCUT2D eigenvalue weighted by Gasteiger charge is -2.16. The van der Waals surface area contributed by atoms with Crippen molar-refractivity contribution in [2.24, 2.45) is 11.1 Å². The molecule has 118 valence electrons. The molecule has 0 aliphatic heterocycles. The van der Waals surface area contributed by atoms with E-state index in [1.54, 1.807) is 0 Å². The van der Waals surface area contributed by atoms with Crippen LogP contribution in [0.1, 0.15) is 42.1 Å². The van der Waals surface area contributed by atoms with Gasteiger partial charge in [0.15, 0.2) is 0 Å². The number of nitrogens with one attached hydrogen (secondary N) is 1. The first kappa shape index (κ1) is 18.0. The van der Waals surface area contributed by atoms with E-state index in [0.29, 0.717) is 12.1 Å². The minimum absolute atomic E-state index is 0. The average molecular weight is 313 g/mol. The van der Waals surface area contributed by atoms with E-state index in [1.807, 2.05) is 31.2 Å². The summed E-state index contributed by atoms with van der Waals surface area (Å²) >= 11 is 0. The van der Waals surface area contributed by atoms with Crippen molar-refractivity contribution in [3.8, 4) is 0 Å². The number of benzene rings is 1. The maximum atomic E-state index is 12.1. The van der Waals surface area contributed by atoms with Crippen molar-refractivity contribution in [3.63, 3.8) is 0 Å². The van der Waals surface area contributed by atoms with Gasteiger partial charge in [0.1, 0.15) is 0 Å². The van der Waals surface area contributed by atoms with Gasteiger partial charge in [0, 0.05) is 31.9 Å². The summed E-state index contributed by atoms with van der Waals surface area (Å²) in [6.45, 7) is 4.81. The van der Waals surface area contributed by atoms with Crippen molar-refractivity contribution in [1.82, 2.24) is 5.32 Å². The normalized spacial score (nSPS) is 15.1. The molecule has 4 nitrogen and oxygen atoms in total. The van der Waals surface area contributed by atoms with Crippen LogP contribution < -0.4 is 11.1 Å². The summed E-state index contributed by atoms with van der Waals surface area (Å²) in [6, 6.07) is 7.46. The van der Waals surface area contributed by atoms with Crippen LogP contribution in [0.3, 0.4) is 0 Å². The van der Waals surface area contributed by atoms with E-state index in [4.69, 9.17) is 10.5 Å². The molecule has 0 saturated heterocycles. The van der Waals surface area contributed by atoms with Gasteiger partial charge in [-0.2, -0.15) is 0 Å². The van der Waals surface area contributed by atoms with Gasteiger partial charge in [-0.25, -0.2) is 0 Å². The van der Waals surface area contributed by atoms with Crippen LogP contribution in [0.5, 0.6) is 0 Å². The summed E-state index contributed by atoms with van der Waals surface area (Å²) in [6.07, 6.45) is 3.41. The zero-order valence-corrected chi connectivity index (χ0v) is 13.4. The Morgan fingerprint density at radius 1 is 1.33 bits per heavy atom. The Bertz CT molecular complexity index is 444. The number of hydrogen-bond acceptors (Lipinski definition) is 3. The third-order valence-electron chi connectivity index (χ3n) is 4.01. The second-order valence-corrected chi connectivity index (χ2v) is 5.53. The molecule has 0 heterocycles. The monoisotopic (exact) mass is 312 g/mol. The summed E-state index contributed by atoms with van der Waals surface area (Å²) in [5, 5.41) is 3.04. The van der Waals surface area contributed by atoms with Crippen LogP contribution in [0.25, 0.3) is 0 Å². The summed E-state index contributed by atoms with van der Waals surface area (Å²) in [5.41, 5.74) is 7.56. The maximum Gasteiger partial charge on any atom is 0.251 e. The Morgan fingerprint density at radius 2 is 2.00 bits per heavy atom. The van der Waals surface area contributed by atoms with Gasteiger partial charge in [0.2, 0.25) is 0 Å². The fraction of sp³-hybridized carbons (Fsp3) is 0.562. The quantitative estimate of drug-likeness (QED) is 0.725. The first-order chi connectivity index (χ1) is 9.69. The molecule has 1 amide bonds. The molecule has 0 unspecified atom stereocenters. The summed E-state index contributed by atoms with van der Waals surface area (Å²) in [7, 11) is 0. The lowest BCUT2D eigenvalue weighted by Crippen LogP contribution is -2.30. The number of halogens is 1. The van der Waals surface area contributed by atoms with Crippen molar-refractivity contribution in [2.45, 2.75) is 32.7 Å². The van der Waals surface area contributed by atoms with Crippen molar-refractivity contribution < 1.29 is 9.53 Å². The molecule has 1 fully saturated rings. The average Bonchev–Trinajstić information content (AvgIpc) is 3.26. The van der Waals surface area contributed by atoms with Gasteiger partial charge in [-0.15, -0.1) is 12.4 Å². The predicted molar refractivity (Wildman–Crippen MR) is 86.7 cm³/mol. The van der Waals surface area contributed by atoms with Gasteiger partial charge in [-0.1, -0.05) is 12.1 Å². The summed E-state index contributed by atoms with van der Waals surface area (Å²) < 4.78 is 5.40. The first-order valence-electron chi connectivity index (χ1n) is 7.34. The van der Waals surface area contributed by atoms with Gasteiger partial charge in [-0.05, 0) is 49.3 Å². The second-order valence-electron chi connectivity index (χ2n) is 5.53. The number of nitrogens with two attached hydrogens (primary N) is 1. The number of hydrogen-bond donors (Lipinski definition) is 2. The molecule has 1 aromatic rings. The van der Waals surface area contributed by atoms with Gasteiger partial charge in [-0.3, -0.25) is 4.79 Å². The maximum absolute atomic E-state index is 12.1. The van der Waals surface area contributed by atoms with E-state index in [9.17, 15) is 4.79 Å². The summed E-state index contributed by atoms with van der Waals surface area (Å²) in [4.78, 5) is 12.1. The van der Waals surface area contributed by atoms with Gasteiger partial charge in [0.05, 0.1) is 0 Å². The molecular weight excluding hydrogens is 288 g/mol. The van der Waals surface area contributed by atoms with E-state index in [-0.39, 0.29) is 23.7 Å². The standard InChI is InChI=1S/C16H24N2O2.ClH/c1-2-20-10-9-16(7-8-16)12-18-15(19)14-5-3-13(11-17)4-6-14;/h3-6H,2,7-12,17H2,1H3,(H,18,19);1H. The Balaban J connectivity index is 0.00000220. The van der Waals surface area contributed by atoms with Crippen LogP contribution in [0, 0.1) is 5.41 Å². The number of amides is 1. The third-order valence-corrected chi connectivity index (χ3v) is 4.01. The fourth-order valence-electron chi connectivity index (χ4n) is 2.29. The Hall–Kier alpha value is -1.10. The largest absolute Gasteiger partial charge is 0.382 e. The Labute approximate surface area is 132 Å². The van der Waals surface area contributed by atoms with Crippen molar-refractivity contribution in [1.29, 1.82) is 0 Å². The molecule has 1 aromatic carbocycles. The van der Waals surface area contributed by atoms with Crippen molar-refractivity contribution >= 4 is 18.3 Å². The highest BCUT2D eigenvalue weighted by atomic mass is 35.5. The van der Waals surface area contributed by atoms with Gasteiger partial charge < -0.3 is 15.8 Å². The van der Waals surface area contributed by atoms with E-state index in [2.05, 4.69) is 5.32 Å². The molecule has 21 heavy (non-hydrogen) atoms. The van der Waals surface area contributed by atoms with E-state index in [1.165, 1.54) is 12.8 Å². The smallest absolute Gasteiger partial charge is 0.251 e. The molecule has 3 N–H and O–H groups in total. The minimum Gasteiger partial charge on any atom is -0.382 e. The molecule has 2 rings (SSSR count). The predicted octanol–water partition coefficient (Wildman–Crippen LogP) is 2.50. The first-order valence-corrected chi connectivity index (χ1v) is 7.34. The number of carbonyl (C=O) groups is 1. The minimum atomic E-state index is -0.00347. The van der Waals surface area contributed by atoms with Gasteiger partial charge in [0.25, 0.3) is 5.91 Å². The SMILES string of the molecule is CCOCCC1(CNC(=O)c2ccc(CN)cc2)CC1.Cl. The lowest BCUT2D eigenvalue weighted by atomic mass is 10.0. The van der Waals surface area contributed by atoms with E-state index >= 15 is 0 Å². The van der Waals surface area contributed by atoms with Crippen molar-refractivity contribution in [2.75, 3.05) is 19.8 Å². The number of rotatable bonds is 8. The van der Waals surface area contributed by atoms with Crippen molar-refractivity contribution in [3.05, 3.63) is 35.4 Å². The Morgan fingerprint density at radius 3 is 2.52 bits per heavy atom. The van der Waals surface area contributed by atoms with Gasteiger partial charge >= 0.3 is 0 Å². The van der Waals surface area contributed by atoms with E-state index < -0.39 is 0 Å². The molecule has 1 saturated carbocycles. The van der Waals surface area contributed by atoms with Crippen LogP contribution in [0.15, 0.2) is 24.3 Å². The van der Waals surface area contributed by atoms with Crippen LogP contribution in [0.4, 0.5) is 0 Å². The number of ether oxygens (including phenoxy) is 1. The van der Waals surface area contributed by atoms with Crippen LogP contribution in [-0.2, 0) is 11.3 Å². The van der Waals surface area contributed by atoms with E-state index in [0.717, 1.165) is 31.7 Å². The van der Waals surface area contributed by atoms with Crippen LogP contribution in [-0.4, -0.2) is 25.7 Å². The highest BCUT2D eigenvalue weighted by Gasteiger charge is 2.42.